The number of rotatable bonds is 2. The van der Waals surface area contributed by atoms with Crippen LogP contribution in [0.25, 0.3) is 6.08 Å². The minimum Gasteiger partial charge on any atom is -0.392 e. The molecule has 0 fully saturated rings. The van der Waals surface area contributed by atoms with Crippen molar-refractivity contribution < 1.29 is 5.11 Å². The van der Waals surface area contributed by atoms with Crippen LogP contribution in [0.3, 0.4) is 0 Å². The molecule has 0 amide bonds. The smallest absolute Gasteiger partial charge is 0.0679 e. The Kier molecular flexibility index (Phi) is 4.07. The second-order valence-electron chi connectivity index (χ2n) is 2.34. The summed E-state index contributed by atoms with van der Waals surface area (Å²) in [6, 6.07) is 3.29. The van der Waals surface area contributed by atoms with Gasteiger partial charge in [-0.1, -0.05) is 47.0 Å². The third-order valence-corrected chi connectivity index (χ3v) is 2.62. The van der Waals surface area contributed by atoms with E-state index in [2.05, 4.69) is 0 Å². The van der Waals surface area contributed by atoms with Crippen LogP contribution < -0.4 is 0 Å². The van der Waals surface area contributed by atoms with E-state index in [0.717, 1.165) is 0 Å². The maximum Gasteiger partial charge on any atom is 0.0679 e. The van der Waals surface area contributed by atoms with E-state index in [4.69, 9.17) is 39.9 Å². The Morgan fingerprint density at radius 2 is 1.77 bits per heavy atom. The minimum absolute atomic E-state index is 0.0564. The van der Waals surface area contributed by atoms with Gasteiger partial charge in [0.15, 0.2) is 0 Å². The van der Waals surface area contributed by atoms with E-state index in [1.165, 1.54) is 0 Å². The van der Waals surface area contributed by atoms with Crippen LogP contribution >= 0.6 is 34.8 Å². The van der Waals surface area contributed by atoms with Gasteiger partial charge in [-0.05, 0) is 12.1 Å². The molecule has 0 heterocycles. The molecule has 70 valence electrons. The minimum atomic E-state index is -0.0564. The van der Waals surface area contributed by atoms with Crippen LogP contribution in [0.5, 0.6) is 0 Å². The fourth-order valence-corrected chi connectivity index (χ4v) is 1.53. The molecule has 1 N–H and O–H groups in total. The molecular weight excluding hydrogens is 230 g/mol. The summed E-state index contributed by atoms with van der Waals surface area (Å²) < 4.78 is 0. The summed E-state index contributed by atoms with van der Waals surface area (Å²) in [5, 5.41) is 9.94. The van der Waals surface area contributed by atoms with Crippen LogP contribution in [0.1, 0.15) is 5.56 Å². The number of benzene rings is 1. The normalized spacial score (nSPS) is 11.1. The van der Waals surface area contributed by atoms with Gasteiger partial charge >= 0.3 is 0 Å². The van der Waals surface area contributed by atoms with E-state index in [-0.39, 0.29) is 6.61 Å². The third kappa shape index (κ3) is 2.61. The van der Waals surface area contributed by atoms with E-state index in [1.807, 2.05) is 0 Å². The van der Waals surface area contributed by atoms with Crippen molar-refractivity contribution in [3.05, 3.63) is 38.8 Å². The summed E-state index contributed by atoms with van der Waals surface area (Å²) in [5.41, 5.74) is 0.630. The van der Waals surface area contributed by atoms with Crippen LogP contribution in [-0.2, 0) is 0 Å². The topological polar surface area (TPSA) is 20.2 Å². The molecule has 0 atom stereocenters. The third-order valence-electron chi connectivity index (χ3n) is 1.47. The summed E-state index contributed by atoms with van der Waals surface area (Å²) in [7, 11) is 0. The number of aliphatic hydroxyl groups excluding tert-OH is 1. The summed E-state index contributed by atoms with van der Waals surface area (Å²) in [5.74, 6) is 0. The molecule has 0 aliphatic heterocycles. The SMILES string of the molecule is OCC=Cc1c(Cl)ccc(Cl)c1Cl. The quantitative estimate of drug-likeness (QED) is 0.779. The van der Waals surface area contributed by atoms with Crippen LogP contribution in [0.15, 0.2) is 18.2 Å². The Morgan fingerprint density at radius 1 is 1.15 bits per heavy atom. The zero-order valence-corrected chi connectivity index (χ0v) is 8.87. The van der Waals surface area contributed by atoms with Crippen LogP contribution in [-0.4, -0.2) is 11.7 Å². The van der Waals surface area contributed by atoms with Crippen molar-refractivity contribution in [3.8, 4) is 0 Å². The molecule has 1 nitrogen and oxygen atoms in total. The molecule has 0 radical (unpaired) electrons. The Morgan fingerprint density at radius 3 is 2.38 bits per heavy atom. The first kappa shape index (κ1) is 10.9. The molecule has 4 heteroatoms. The molecular formula is C9H7Cl3O. The lowest BCUT2D eigenvalue weighted by molar-refractivity contribution is 0.343. The fourth-order valence-electron chi connectivity index (χ4n) is 0.866. The number of hydrogen-bond acceptors (Lipinski definition) is 1. The summed E-state index contributed by atoms with van der Waals surface area (Å²) in [4.78, 5) is 0. The van der Waals surface area contributed by atoms with E-state index >= 15 is 0 Å². The number of hydrogen-bond donors (Lipinski definition) is 1. The lowest BCUT2D eigenvalue weighted by Gasteiger charge is -2.02. The zero-order valence-electron chi connectivity index (χ0n) is 6.60. The van der Waals surface area contributed by atoms with Gasteiger partial charge in [-0.25, -0.2) is 0 Å². The highest BCUT2D eigenvalue weighted by Crippen LogP contribution is 2.32. The molecule has 1 rings (SSSR count). The average Bonchev–Trinajstić information content (AvgIpc) is 2.12. The van der Waals surface area contributed by atoms with Gasteiger partial charge < -0.3 is 5.11 Å². The first-order valence-corrected chi connectivity index (χ1v) is 4.71. The van der Waals surface area contributed by atoms with Gasteiger partial charge in [0.2, 0.25) is 0 Å². The van der Waals surface area contributed by atoms with E-state index in [9.17, 15) is 0 Å². The monoisotopic (exact) mass is 236 g/mol. The highest BCUT2D eigenvalue weighted by Gasteiger charge is 2.05. The number of halogens is 3. The second kappa shape index (κ2) is 4.87. The summed E-state index contributed by atoms with van der Waals surface area (Å²) in [6.07, 6.45) is 3.18. The van der Waals surface area contributed by atoms with Gasteiger partial charge in [-0.3, -0.25) is 0 Å². The van der Waals surface area contributed by atoms with Crippen molar-refractivity contribution in [3.63, 3.8) is 0 Å². The molecule has 0 aromatic heterocycles. The summed E-state index contributed by atoms with van der Waals surface area (Å²) in [6.45, 7) is -0.0564. The zero-order chi connectivity index (χ0) is 9.84. The van der Waals surface area contributed by atoms with E-state index < -0.39 is 0 Å². The number of aliphatic hydroxyl groups is 1. The lowest BCUT2D eigenvalue weighted by Crippen LogP contribution is -1.80. The molecule has 0 aliphatic carbocycles. The van der Waals surface area contributed by atoms with Crippen molar-refractivity contribution in [2.24, 2.45) is 0 Å². The molecule has 13 heavy (non-hydrogen) atoms. The van der Waals surface area contributed by atoms with Gasteiger partial charge in [0, 0.05) is 10.6 Å². The average molecular weight is 238 g/mol. The highest BCUT2D eigenvalue weighted by atomic mass is 35.5. The predicted octanol–water partition coefficient (Wildman–Crippen LogP) is 3.65. The van der Waals surface area contributed by atoms with E-state index in [1.54, 1.807) is 24.3 Å². The van der Waals surface area contributed by atoms with Crippen LogP contribution in [0.4, 0.5) is 0 Å². The standard InChI is InChI=1S/C9H7Cl3O/c10-7-3-4-8(11)9(12)6(7)2-1-5-13/h1-4,13H,5H2. The van der Waals surface area contributed by atoms with E-state index in [0.29, 0.717) is 20.6 Å². The summed E-state index contributed by atoms with van der Waals surface area (Å²) >= 11 is 17.5. The molecule has 0 bridgehead atoms. The molecule has 0 spiro atoms. The van der Waals surface area contributed by atoms with Gasteiger partial charge in [0.1, 0.15) is 0 Å². The molecule has 0 saturated carbocycles. The second-order valence-corrected chi connectivity index (χ2v) is 3.53. The van der Waals surface area contributed by atoms with Crippen molar-refractivity contribution >= 4 is 40.9 Å². The maximum atomic E-state index is 8.57. The van der Waals surface area contributed by atoms with Gasteiger partial charge in [0.05, 0.1) is 16.7 Å². The molecule has 0 saturated heterocycles. The van der Waals surface area contributed by atoms with Gasteiger partial charge in [-0.15, -0.1) is 0 Å². The van der Waals surface area contributed by atoms with Crippen molar-refractivity contribution in [1.29, 1.82) is 0 Å². The van der Waals surface area contributed by atoms with Crippen molar-refractivity contribution in [2.45, 2.75) is 0 Å². The Hall–Kier alpha value is -0.210. The van der Waals surface area contributed by atoms with Crippen molar-refractivity contribution in [2.75, 3.05) is 6.61 Å². The first-order valence-electron chi connectivity index (χ1n) is 3.57. The Balaban J connectivity index is 3.17. The van der Waals surface area contributed by atoms with Gasteiger partial charge in [0.25, 0.3) is 0 Å². The largest absolute Gasteiger partial charge is 0.392 e. The molecule has 1 aromatic carbocycles. The molecule has 1 aromatic rings. The fraction of sp³-hybridized carbons (Fsp3) is 0.111. The molecule has 0 aliphatic rings. The van der Waals surface area contributed by atoms with Crippen molar-refractivity contribution in [1.82, 2.24) is 0 Å². The first-order chi connectivity index (χ1) is 6.16. The Labute approximate surface area is 91.5 Å². The lowest BCUT2D eigenvalue weighted by atomic mass is 10.2. The van der Waals surface area contributed by atoms with Gasteiger partial charge in [-0.2, -0.15) is 0 Å². The van der Waals surface area contributed by atoms with Crippen LogP contribution in [0.2, 0.25) is 15.1 Å². The molecule has 0 unspecified atom stereocenters. The Bertz CT molecular complexity index is 334. The van der Waals surface area contributed by atoms with Crippen LogP contribution in [0, 0.1) is 0 Å². The maximum absolute atomic E-state index is 8.57. The highest BCUT2D eigenvalue weighted by molar-refractivity contribution is 6.44. The predicted molar refractivity (Wildman–Crippen MR) is 57.6 cm³/mol.